The van der Waals surface area contributed by atoms with E-state index >= 15 is 0 Å². The van der Waals surface area contributed by atoms with Crippen LogP contribution in [0.4, 0.5) is 10.8 Å². The minimum atomic E-state index is -0.0695. The number of halogens is 1. The molecular weight excluding hydrogens is 434 g/mol. The van der Waals surface area contributed by atoms with Gasteiger partial charge in [-0.25, -0.2) is 4.98 Å². The lowest BCUT2D eigenvalue weighted by molar-refractivity contribution is -0.132. The van der Waals surface area contributed by atoms with Crippen molar-refractivity contribution in [3.63, 3.8) is 0 Å². The summed E-state index contributed by atoms with van der Waals surface area (Å²) in [5.41, 5.74) is 1.27. The summed E-state index contributed by atoms with van der Waals surface area (Å²) >= 11 is 7.41. The molecule has 168 valence electrons. The molecule has 0 radical (unpaired) electrons. The van der Waals surface area contributed by atoms with E-state index in [0.717, 1.165) is 31.6 Å². The van der Waals surface area contributed by atoms with Crippen LogP contribution in [0, 0.1) is 0 Å². The quantitative estimate of drug-likeness (QED) is 0.609. The number of nitrogens with one attached hydrogen (secondary N) is 1. The summed E-state index contributed by atoms with van der Waals surface area (Å²) in [6, 6.07) is 7.38. The molecule has 1 aliphatic rings. The van der Waals surface area contributed by atoms with Crippen LogP contribution in [0.1, 0.15) is 37.2 Å². The number of rotatable bonds is 9. The number of piperazine rings is 1. The van der Waals surface area contributed by atoms with E-state index in [4.69, 9.17) is 11.6 Å². The predicted octanol–water partition coefficient (Wildman–Crippen LogP) is 3.95. The lowest BCUT2D eigenvalue weighted by atomic mass is 10.2. The Balaban J connectivity index is 1.50. The Labute approximate surface area is 193 Å². The third-order valence-corrected chi connectivity index (χ3v) is 6.15. The largest absolute Gasteiger partial charge is 0.342 e. The van der Waals surface area contributed by atoms with E-state index in [1.54, 1.807) is 5.38 Å². The Bertz CT molecular complexity index is 876. The van der Waals surface area contributed by atoms with E-state index in [1.165, 1.54) is 11.3 Å². The molecule has 3 rings (SSSR count). The van der Waals surface area contributed by atoms with Gasteiger partial charge in [0.05, 0.1) is 6.54 Å². The van der Waals surface area contributed by atoms with Crippen LogP contribution in [0.3, 0.4) is 0 Å². The van der Waals surface area contributed by atoms with Gasteiger partial charge >= 0.3 is 0 Å². The van der Waals surface area contributed by atoms with Crippen molar-refractivity contribution < 1.29 is 9.59 Å². The molecular formula is C22H30ClN5O2S. The summed E-state index contributed by atoms with van der Waals surface area (Å²) in [6.45, 7) is 8.81. The minimum Gasteiger partial charge on any atom is -0.342 e. The molecule has 1 N–H and O–H groups in total. The van der Waals surface area contributed by atoms with Crippen LogP contribution in [0.2, 0.25) is 5.02 Å². The van der Waals surface area contributed by atoms with Gasteiger partial charge in [0.2, 0.25) is 5.91 Å². The van der Waals surface area contributed by atoms with Crippen molar-refractivity contribution in [3.8, 4) is 0 Å². The molecule has 2 aromatic rings. The zero-order valence-electron chi connectivity index (χ0n) is 18.1. The molecule has 0 atom stereocenters. The van der Waals surface area contributed by atoms with Crippen molar-refractivity contribution >= 4 is 45.6 Å². The van der Waals surface area contributed by atoms with Crippen molar-refractivity contribution in [2.75, 3.05) is 51.1 Å². The first-order valence-electron chi connectivity index (χ1n) is 10.8. The third kappa shape index (κ3) is 6.66. The number of hydrogen-bond donors (Lipinski definition) is 1. The zero-order chi connectivity index (χ0) is 22.2. The summed E-state index contributed by atoms with van der Waals surface area (Å²) < 4.78 is 0. The monoisotopic (exact) mass is 463 g/mol. The molecule has 2 amide bonds. The van der Waals surface area contributed by atoms with E-state index in [9.17, 15) is 9.59 Å². The first-order chi connectivity index (χ1) is 15.0. The minimum absolute atomic E-state index is 0.0695. The van der Waals surface area contributed by atoms with Crippen LogP contribution in [0.5, 0.6) is 0 Å². The summed E-state index contributed by atoms with van der Waals surface area (Å²) in [7, 11) is 0. The van der Waals surface area contributed by atoms with Crippen LogP contribution in [-0.4, -0.2) is 77.3 Å². The second-order valence-corrected chi connectivity index (χ2v) is 8.92. The highest BCUT2D eigenvalue weighted by Gasteiger charge is 2.25. The number of amides is 2. The Morgan fingerprint density at radius 3 is 2.52 bits per heavy atom. The smallest absolute Gasteiger partial charge is 0.273 e. The summed E-state index contributed by atoms with van der Waals surface area (Å²) in [5.74, 6) is 0.111. The number of hydrogen-bond acceptors (Lipinski definition) is 6. The maximum atomic E-state index is 12.9. The maximum Gasteiger partial charge on any atom is 0.273 e. The molecule has 0 unspecified atom stereocenters. The van der Waals surface area contributed by atoms with Gasteiger partial charge in [0, 0.05) is 55.4 Å². The van der Waals surface area contributed by atoms with Gasteiger partial charge in [0.1, 0.15) is 5.69 Å². The summed E-state index contributed by atoms with van der Waals surface area (Å²) in [6.07, 6.45) is 1.94. The molecule has 1 aromatic carbocycles. The highest BCUT2D eigenvalue weighted by Crippen LogP contribution is 2.24. The number of carbonyl (C=O) groups is 2. The van der Waals surface area contributed by atoms with Gasteiger partial charge in [0.25, 0.3) is 5.91 Å². The van der Waals surface area contributed by atoms with E-state index in [1.807, 2.05) is 34.1 Å². The Kier molecular flexibility index (Phi) is 8.69. The first-order valence-corrected chi connectivity index (χ1v) is 12.0. The Hall–Kier alpha value is -2.16. The first kappa shape index (κ1) is 23.5. The molecule has 7 nitrogen and oxygen atoms in total. The number of anilines is 2. The van der Waals surface area contributed by atoms with Crippen LogP contribution in [0.25, 0.3) is 0 Å². The third-order valence-electron chi connectivity index (χ3n) is 5.16. The molecule has 1 fully saturated rings. The van der Waals surface area contributed by atoms with Crippen LogP contribution in [0.15, 0.2) is 29.6 Å². The summed E-state index contributed by atoms with van der Waals surface area (Å²) in [4.78, 5) is 35.8. The molecule has 2 heterocycles. The normalized spacial score (nSPS) is 14.5. The van der Waals surface area contributed by atoms with Gasteiger partial charge in [-0.15, -0.1) is 11.3 Å². The van der Waals surface area contributed by atoms with E-state index < -0.39 is 0 Å². The fourth-order valence-electron chi connectivity index (χ4n) is 3.58. The van der Waals surface area contributed by atoms with Gasteiger partial charge in [-0.1, -0.05) is 31.5 Å². The highest BCUT2D eigenvalue weighted by molar-refractivity contribution is 7.14. The number of aromatic nitrogens is 1. The van der Waals surface area contributed by atoms with Gasteiger partial charge < -0.3 is 15.1 Å². The number of nitrogens with zero attached hydrogens (tertiary/aromatic N) is 4. The average molecular weight is 464 g/mol. The summed E-state index contributed by atoms with van der Waals surface area (Å²) in [5, 5.41) is 6.26. The molecule has 0 saturated carbocycles. The second-order valence-electron chi connectivity index (χ2n) is 7.62. The molecule has 0 aliphatic carbocycles. The van der Waals surface area contributed by atoms with E-state index in [0.29, 0.717) is 48.6 Å². The molecule has 31 heavy (non-hydrogen) atoms. The van der Waals surface area contributed by atoms with Crippen molar-refractivity contribution in [2.45, 2.75) is 26.7 Å². The lowest BCUT2D eigenvalue weighted by Crippen LogP contribution is -2.51. The highest BCUT2D eigenvalue weighted by atomic mass is 35.5. The van der Waals surface area contributed by atoms with Gasteiger partial charge in [-0.3, -0.25) is 14.5 Å². The van der Waals surface area contributed by atoms with Crippen LogP contribution < -0.4 is 5.32 Å². The zero-order valence-corrected chi connectivity index (χ0v) is 19.7. The Morgan fingerprint density at radius 2 is 1.87 bits per heavy atom. The lowest BCUT2D eigenvalue weighted by Gasteiger charge is -2.35. The predicted molar refractivity (Wildman–Crippen MR) is 126 cm³/mol. The van der Waals surface area contributed by atoms with Gasteiger partial charge in [0.15, 0.2) is 5.13 Å². The number of benzene rings is 1. The fraction of sp³-hybridized carbons (Fsp3) is 0.500. The molecule has 1 aromatic heterocycles. The van der Waals surface area contributed by atoms with Gasteiger partial charge in [-0.2, -0.15) is 0 Å². The average Bonchev–Trinajstić information content (AvgIpc) is 3.22. The topological polar surface area (TPSA) is 68.8 Å². The fourth-order valence-corrected chi connectivity index (χ4v) is 4.48. The van der Waals surface area contributed by atoms with Crippen molar-refractivity contribution in [1.29, 1.82) is 0 Å². The van der Waals surface area contributed by atoms with E-state index in [-0.39, 0.29) is 11.8 Å². The van der Waals surface area contributed by atoms with Crippen molar-refractivity contribution in [3.05, 3.63) is 40.4 Å². The van der Waals surface area contributed by atoms with Gasteiger partial charge in [-0.05, 0) is 31.0 Å². The standard InChI is InChI=1S/C22H30ClN5O2S/c1-3-8-27(9-4-2)20(29)15-26-10-12-28(13-11-26)21(30)19-16-31-22(25-19)24-18-7-5-6-17(23)14-18/h5-7,14,16H,3-4,8-13,15H2,1-2H3,(H,24,25). The molecule has 1 saturated heterocycles. The SMILES string of the molecule is CCCN(CCC)C(=O)CN1CCN(C(=O)c2csc(Nc3cccc(Cl)c3)n2)CC1. The molecule has 0 bridgehead atoms. The van der Waals surface area contributed by atoms with Crippen molar-refractivity contribution in [2.24, 2.45) is 0 Å². The van der Waals surface area contributed by atoms with Crippen LogP contribution >= 0.6 is 22.9 Å². The van der Waals surface area contributed by atoms with E-state index in [2.05, 4.69) is 29.0 Å². The number of carbonyl (C=O) groups excluding carboxylic acids is 2. The Morgan fingerprint density at radius 1 is 1.16 bits per heavy atom. The van der Waals surface area contributed by atoms with Crippen molar-refractivity contribution in [1.82, 2.24) is 19.7 Å². The molecule has 1 aliphatic heterocycles. The molecule has 0 spiro atoms. The van der Waals surface area contributed by atoms with Crippen LogP contribution in [-0.2, 0) is 4.79 Å². The molecule has 9 heteroatoms. The maximum absolute atomic E-state index is 12.9. The number of thiazole rings is 1. The second kappa shape index (κ2) is 11.5.